The average Bonchev–Trinajstić information content (AvgIpc) is 2.36. The normalized spacial score (nSPS) is 13.2. The number of carbonyl (C=O) groups is 3. The molecule has 0 saturated carbocycles. The number of hydrogen-bond acceptors (Lipinski definition) is 5. The zero-order valence-corrected chi connectivity index (χ0v) is 13.1. The number of carbonyl (C=O) groups excluding carboxylic acids is 3. The Hall–Kier alpha value is -1.34. The maximum absolute atomic E-state index is 11.8. The molecular formula is C13H22N2O4S. The van der Waals surface area contributed by atoms with Gasteiger partial charge in [0.15, 0.2) is 0 Å². The van der Waals surface area contributed by atoms with E-state index in [0.717, 1.165) is 11.8 Å². The fourth-order valence-electron chi connectivity index (χ4n) is 1.35. The van der Waals surface area contributed by atoms with Gasteiger partial charge in [0.05, 0.1) is 11.4 Å². The zero-order chi connectivity index (χ0) is 15.9. The summed E-state index contributed by atoms with van der Waals surface area (Å²) in [7, 11) is 0. The molecule has 114 valence electrons. The highest BCUT2D eigenvalue weighted by molar-refractivity contribution is 8.14. The van der Waals surface area contributed by atoms with Crippen LogP contribution in [0.1, 0.15) is 40.5 Å². The fraction of sp³-hybridized carbons (Fsp3) is 0.615. The van der Waals surface area contributed by atoms with E-state index in [9.17, 15) is 19.6 Å². The van der Waals surface area contributed by atoms with Crippen LogP contribution in [0.25, 0.3) is 0 Å². The first-order chi connectivity index (χ1) is 9.18. The maximum Gasteiger partial charge on any atom is 0.243 e. The summed E-state index contributed by atoms with van der Waals surface area (Å²) >= 11 is 1.01. The van der Waals surface area contributed by atoms with Crippen molar-refractivity contribution < 1.29 is 19.6 Å². The first-order valence-corrected chi connectivity index (χ1v) is 7.21. The molecule has 0 rings (SSSR count). The van der Waals surface area contributed by atoms with Gasteiger partial charge in [0.1, 0.15) is 0 Å². The first kappa shape index (κ1) is 18.7. The Morgan fingerprint density at radius 3 is 2.30 bits per heavy atom. The van der Waals surface area contributed by atoms with E-state index in [-0.39, 0.29) is 22.8 Å². The van der Waals surface area contributed by atoms with Gasteiger partial charge in [0.25, 0.3) is 0 Å². The van der Waals surface area contributed by atoms with Crippen molar-refractivity contribution in [1.29, 1.82) is 0 Å². The summed E-state index contributed by atoms with van der Waals surface area (Å²) in [5.74, 6) is -0.851. The third kappa shape index (κ3) is 6.72. The number of nitrogens with one attached hydrogen (secondary N) is 1. The molecule has 0 fully saturated rings. The monoisotopic (exact) mass is 302 g/mol. The molecule has 2 unspecified atom stereocenters. The van der Waals surface area contributed by atoms with Crippen molar-refractivity contribution >= 4 is 28.7 Å². The van der Waals surface area contributed by atoms with Gasteiger partial charge in [0, 0.05) is 13.3 Å². The van der Waals surface area contributed by atoms with E-state index in [4.69, 9.17) is 0 Å². The van der Waals surface area contributed by atoms with Gasteiger partial charge in [-0.25, -0.2) is 5.06 Å². The van der Waals surface area contributed by atoms with Crippen molar-refractivity contribution in [2.45, 2.75) is 52.0 Å². The van der Waals surface area contributed by atoms with E-state index in [1.165, 1.54) is 6.92 Å². The summed E-state index contributed by atoms with van der Waals surface area (Å²) in [6.07, 6.45) is 0.549. The Labute approximate surface area is 123 Å². The van der Waals surface area contributed by atoms with Crippen molar-refractivity contribution in [3.05, 3.63) is 12.2 Å². The minimum absolute atomic E-state index is 0.0333. The predicted molar refractivity (Wildman–Crippen MR) is 78.0 cm³/mol. The molecule has 0 aromatic rings. The van der Waals surface area contributed by atoms with Gasteiger partial charge < -0.3 is 5.32 Å². The summed E-state index contributed by atoms with van der Waals surface area (Å²) in [5, 5.41) is 12.1. The minimum Gasteiger partial charge on any atom is -0.344 e. The van der Waals surface area contributed by atoms with E-state index >= 15 is 0 Å². The molecule has 0 heterocycles. The molecule has 20 heavy (non-hydrogen) atoms. The second-order valence-corrected chi connectivity index (χ2v) is 5.74. The quantitative estimate of drug-likeness (QED) is 0.323. The van der Waals surface area contributed by atoms with E-state index in [1.807, 2.05) is 6.92 Å². The molecule has 0 aliphatic heterocycles. The van der Waals surface area contributed by atoms with Crippen LogP contribution in [0.2, 0.25) is 0 Å². The molecule has 0 radical (unpaired) electrons. The molecule has 0 bridgehead atoms. The zero-order valence-electron chi connectivity index (χ0n) is 12.3. The predicted octanol–water partition coefficient (Wildman–Crippen LogP) is 1.69. The first-order valence-electron chi connectivity index (χ1n) is 6.33. The van der Waals surface area contributed by atoms with Crippen molar-refractivity contribution in [2.75, 3.05) is 0 Å². The summed E-state index contributed by atoms with van der Waals surface area (Å²) in [4.78, 5) is 34.3. The highest BCUT2D eigenvalue weighted by atomic mass is 32.2. The molecular weight excluding hydrogens is 280 g/mol. The maximum atomic E-state index is 11.8. The highest BCUT2D eigenvalue weighted by Gasteiger charge is 2.21. The van der Waals surface area contributed by atoms with Gasteiger partial charge in [0.2, 0.25) is 16.9 Å². The smallest absolute Gasteiger partial charge is 0.243 e. The molecule has 0 aromatic heterocycles. The van der Waals surface area contributed by atoms with Crippen molar-refractivity contribution in [3.8, 4) is 0 Å². The molecule has 0 saturated heterocycles. The number of thioether (sulfide) groups is 1. The lowest BCUT2D eigenvalue weighted by molar-refractivity contribution is -0.172. The lowest BCUT2D eigenvalue weighted by Crippen LogP contribution is -2.40. The van der Waals surface area contributed by atoms with Gasteiger partial charge in [-0.05, 0) is 25.8 Å². The number of hydroxylamine groups is 2. The molecule has 0 aromatic carbocycles. The standard InChI is InChI=1S/C13H22N2O4S/c1-6-12(20-13(18)8(2)3)14-11(17)7-9(4)15(19)10(5)16/h9,12,19H,2,6-7H2,1,3-5H3,(H,14,17). The number of amides is 2. The van der Waals surface area contributed by atoms with E-state index in [1.54, 1.807) is 13.8 Å². The number of rotatable bonds is 7. The van der Waals surface area contributed by atoms with Crippen molar-refractivity contribution in [2.24, 2.45) is 0 Å². The molecule has 6 nitrogen and oxygen atoms in total. The Bertz CT molecular complexity index is 398. The highest BCUT2D eigenvalue weighted by Crippen LogP contribution is 2.17. The third-order valence-electron chi connectivity index (χ3n) is 2.51. The van der Waals surface area contributed by atoms with Crippen LogP contribution < -0.4 is 5.32 Å². The van der Waals surface area contributed by atoms with E-state index < -0.39 is 11.9 Å². The topological polar surface area (TPSA) is 86.7 Å². The summed E-state index contributed by atoms with van der Waals surface area (Å²) in [5.41, 5.74) is 0.425. The van der Waals surface area contributed by atoms with Crippen molar-refractivity contribution in [1.82, 2.24) is 10.4 Å². The molecule has 2 amide bonds. The van der Waals surface area contributed by atoms with Crippen LogP contribution in [-0.4, -0.2) is 38.6 Å². The summed E-state index contributed by atoms with van der Waals surface area (Å²) in [6.45, 7) is 9.79. The van der Waals surface area contributed by atoms with Gasteiger partial charge in [-0.2, -0.15) is 0 Å². The van der Waals surface area contributed by atoms with Crippen LogP contribution >= 0.6 is 11.8 Å². The van der Waals surface area contributed by atoms with Gasteiger partial charge >= 0.3 is 0 Å². The molecule has 0 spiro atoms. The second kappa shape index (κ2) is 8.76. The largest absolute Gasteiger partial charge is 0.344 e. The summed E-state index contributed by atoms with van der Waals surface area (Å²) in [6, 6.07) is -0.619. The second-order valence-electron chi connectivity index (χ2n) is 4.57. The van der Waals surface area contributed by atoms with Crippen LogP contribution in [0.4, 0.5) is 0 Å². The van der Waals surface area contributed by atoms with Gasteiger partial charge in [-0.1, -0.05) is 25.3 Å². The van der Waals surface area contributed by atoms with Crippen LogP contribution in [0.15, 0.2) is 12.2 Å². The SMILES string of the molecule is C=C(C)C(=O)SC(CC)NC(=O)CC(C)N(O)C(C)=O. The Kier molecular flexibility index (Phi) is 8.17. The van der Waals surface area contributed by atoms with Crippen molar-refractivity contribution in [3.63, 3.8) is 0 Å². The Morgan fingerprint density at radius 2 is 1.90 bits per heavy atom. The Morgan fingerprint density at radius 1 is 1.35 bits per heavy atom. The van der Waals surface area contributed by atoms with E-state index in [2.05, 4.69) is 11.9 Å². The molecule has 2 N–H and O–H groups in total. The van der Waals surface area contributed by atoms with E-state index in [0.29, 0.717) is 17.1 Å². The van der Waals surface area contributed by atoms with Crippen LogP contribution in [0.5, 0.6) is 0 Å². The molecule has 7 heteroatoms. The average molecular weight is 302 g/mol. The van der Waals surface area contributed by atoms with Crippen LogP contribution in [0, 0.1) is 0 Å². The number of hydrogen-bond donors (Lipinski definition) is 2. The third-order valence-corrected chi connectivity index (χ3v) is 3.81. The molecule has 0 aliphatic rings. The lowest BCUT2D eigenvalue weighted by atomic mass is 10.2. The van der Waals surface area contributed by atoms with Crippen LogP contribution in [0.3, 0.4) is 0 Å². The van der Waals surface area contributed by atoms with Gasteiger partial charge in [-0.15, -0.1) is 0 Å². The molecule has 2 atom stereocenters. The summed E-state index contributed by atoms with van der Waals surface area (Å²) < 4.78 is 0. The fourth-order valence-corrected chi connectivity index (χ4v) is 2.16. The number of nitrogens with zero attached hydrogens (tertiary/aromatic N) is 1. The Balaban J connectivity index is 4.39. The minimum atomic E-state index is -0.619. The molecule has 0 aliphatic carbocycles. The van der Waals surface area contributed by atoms with Gasteiger partial charge in [-0.3, -0.25) is 19.6 Å². The lowest BCUT2D eigenvalue weighted by Gasteiger charge is -2.22. The van der Waals surface area contributed by atoms with Crippen LogP contribution in [-0.2, 0) is 14.4 Å².